The van der Waals surface area contributed by atoms with Crippen molar-refractivity contribution in [1.82, 2.24) is 15.1 Å². The van der Waals surface area contributed by atoms with E-state index in [1.807, 2.05) is 51.7 Å². The SMILES string of the molecule is CC(C)[C@@H](NC(=O)C1CCN(C(=O)OC(C)(C)C)CC1)C(=O)N1CCC(c2ccc(Cl)cc2)C(C)(C)C1. The highest BCUT2D eigenvalue weighted by Crippen LogP contribution is 2.42. The molecule has 0 radical (unpaired) electrons. The lowest BCUT2D eigenvalue weighted by molar-refractivity contribution is -0.141. The largest absolute Gasteiger partial charge is 0.444 e. The zero-order valence-electron chi connectivity index (χ0n) is 23.5. The topological polar surface area (TPSA) is 79.0 Å². The van der Waals surface area contributed by atoms with Crippen molar-refractivity contribution in [1.29, 1.82) is 0 Å². The minimum atomic E-state index is -0.570. The van der Waals surface area contributed by atoms with Gasteiger partial charge in [0.15, 0.2) is 0 Å². The smallest absolute Gasteiger partial charge is 0.410 e. The molecule has 37 heavy (non-hydrogen) atoms. The Morgan fingerprint density at radius 1 is 1.00 bits per heavy atom. The van der Waals surface area contributed by atoms with Gasteiger partial charge >= 0.3 is 6.09 Å². The van der Waals surface area contributed by atoms with Crippen LogP contribution in [0.4, 0.5) is 4.79 Å². The molecule has 7 nitrogen and oxygen atoms in total. The van der Waals surface area contributed by atoms with Gasteiger partial charge in [-0.25, -0.2) is 4.79 Å². The van der Waals surface area contributed by atoms with Gasteiger partial charge < -0.3 is 19.9 Å². The van der Waals surface area contributed by atoms with Crippen LogP contribution >= 0.6 is 11.6 Å². The number of carbonyl (C=O) groups excluding carboxylic acids is 3. The van der Waals surface area contributed by atoms with E-state index in [0.29, 0.717) is 44.9 Å². The van der Waals surface area contributed by atoms with Crippen molar-refractivity contribution in [2.45, 2.75) is 85.3 Å². The van der Waals surface area contributed by atoms with Gasteiger partial charge in [-0.15, -0.1) is 0 Å². The zero-order valence-corrected chi connectivity index (χ0v) is 24.2. The summed E-state index contributed by atoms with van der Waals surface area (Å²) in [4.78, 5) is 42.7. The van der Waals surface area contributed by atoms with Gasteiger partial charge in [-0.05, 0) is 75.0 Å². The standard InChI is InChI=1S/C29H44ClN3O4/c1-19(2)24(31-25(34)21-12-15-32(16-13-21)27(36)37-28(3,4)5)26(35)33-17-14-23(29(6,7)18-33)20-8-10-22(30)11-9-20/h8-11,19,21,23-24H,12-18H2,1-7H3,(H,31,34)/t23?,24-/m1/s1. The first kappa shape index (κ1) is 29.3. The number of nitrogens with one attached hydrogen (secondary N) is 1. The van der Waals surface area contributed by atoms with Crippen LogP contribution < -0.4 is 5.32 Å². The summed E-state index contributed by atoms with van der Waals surface area (Å²) in [7, 11) is 0. The maximum absolute atomic E-state index is 13.6. The molecule has 3 rings (SSSR count). The summed E-state index contributed by atoms with van der Waals surface area (Å²) in [6, 6.07) is 7.44. The first-order chi connectivity index (χ1) is 17.2. The molecule has 1 unspecified atom stereocenters. The summed E-state index contributed by atoms with van der Waals surface area (Å²) in [5.74, 6) is -0.0466. The van der Waals surface area contributed by atoms with E-state index in [4.69, 9.17) is 16.3 Å². The fourth-order valence-corrected chi connectivity index (χ4v) is 5.62. The van der Waals surface area contributed by atoms with Crippen LogP contribution in [0, 0.1) is 17.3 Å². The average Bonchev–Trinajstić information content (AvgIpc) is 2.81. The lowest BCUT2D eigenvalue weighted by atomic mass is 9.70. The van der Waals surface area contributed by atoms with Crippen LogP contribution in [0.1, 0.15) is 79.2 Å². The van der Waals surface area contributed by atoms with E-state index < -0.39 is 11.6 Å². The molecule has 0 aromatic heterocycles. The first-order valence-corrected chi connectivity index (χ1v) is 13.9. The van der Waals surface area contributed by atoms with Crippen LogP contribution in [0.5, 0.6) is 0 Å². The second-order valence-corrected chi connectivity index (χ2v) is 13.0. The highest BCUT2D eigenvalue weighted by atomic mass is 35.5. The van der Waals surface area contributed by atoms with Crippen LogP contribution in [0.25, 0.3) is 0 Å². The summed E-state index contributed by atoms with van der Waals surface area (Å²) in [6.07, 6.45) is 1.64. The van der Waals surface area contributed by atoms with E-state index in [9.17, 15) is 14.4 Å². The van der Waals surface area contributed by atoms with Gasteiger partial charge in [-0.1, -0.05) is 51.4 Å². The molecule has 3 amide bonds. The zero-order chi connectivity index (χ0) is 27.5. The summed E-state index contributed by atoms with van der Waals surface area (Å²) in [5, 5.41) is 3.78. The predicted molar refractivity (Wildman–Crippen MR) is 146 cm³/mol. The van der Waals surface area contributed by atoms with Crippen LogP contribution in [-0.4, -0.2) is 65.5 Å². The molecule has 1 aromatic rings. The number of carbonyl (C=O) groups is 3. The molecule has 0 saturated carbocycles. The van der Waals surface area contributed by atoms with Gasteiger partial charge in [0.2, 0.25) is 11.8 Å². The molecule has 1 N–H and O–H groups in total. The molecule has 0 bridgehead atoms. The third-order valence-corrected chi connectivity index (χ3v) is 7.81. The maximum Gasteiger partial charge on any atom is 0.410 e. The Bertz CT molecular complexity index is 962. The highest BCUT2D eigenvalue weighted by Gasteiger charge is 2.41. The summed E-state index contributed by atoms with van der Waals surface area (Å²) >= 11 is 6.08. The average molecular weight is 534 g/mol. The number of nitrogens with zero attached hydrogens (tertiary/aromatic N) is 2. The number of hydrogen-bond donors (Lipinski definition) is 1. The summed E-state index contributed by atoms with van der Waals surface area (Å²) in [6.45, 7) is 16.1. The molecule has 0 aliphatic carbocycles. The van der Waals surface area contributed by atoms with Crippen molar-refractivity contribution in [3.8, 4) is 0 Å². The molecule has 2 aliphatic rings. The lowest BCUT2D eigenvalue weighted by Gasteiger charge is -2.46. The molecular weight excluding hydrogens is 490 g/mol. The van der Waals surface area contributed by atoms with Crippen molar-refractivity contribution < 1.29 is 19.1 Å². The van der Waals surface area contributed by atoms with E-state index in [1.165, 1.54) is 5.56 Å². The predicted octanol–water partition coefficient (Wildman–Crippen LogP) is 5.47. The molecular formula is C29H44ClN3O4. The van der Waals surface area contributed by atoms with Crippen LogP contribution in [0.2, 0.25) is 5.02 Å². The minimum absolute atomic E-state index is 0.0165. The third kappa shape index (κ3) is 7.62. The third-order valence-electron chi connectivity index (χ3n) is 7.56. The number of ether oxygens (including phenoxy) is 1. The van der Waals surface area contributed by atoms with E-state index in [2.05, 4.69) is 31.3 Å². The van der Waals surface area contributed by atoms with Crippen molar-refractivity contribution in [2.75, 3.05) is 26.2 Å². The summed E-state index contributed by atoms with van der Waals surface area (Å²) < 4.78 is 5.46. The fraction of sp³-hybridized carbons (Fsp3) is 0.690. The molecule has 2 heterocycles. The van der Waals surface area contributed by atoms with Crippen LogP contribution in [0.15, 0.2) is 24.3 Å². The number of piperidine rings is 2. The molecule has 8 heteroatoms. The number of hydrogen-bond acceptors (Lipinski definition) is 4. The highest BCUT2D eigenvalue weighted by molar-refractivity contribution is 6.30. The van der Waals surface area contributed by atoms with Crippen molar-refractivity contribution in [2.24, 2.45) is 17.3 Å². The normalized spacial score (nSPS) is 21.5. The summed E-state index contributed by atoms with van der Waals surface area (Å²) in [5.41, 5.74) is 0.586. The number of rotatable bonds is 5. The molecule has 2 atom stereocenters. The van der Waals surface area contributed by atoms with Crippen molar-refractivity contribution >= 4 is 29.5 Å². The number of halogens is 1. The number of benzene rings is 1. The number of amides is 3. The lowest BCUT2D eigenvalue weighted by Crippen LogP contribution is -2.57. The second-order valence-electron chi connectivity index (χ2n) is 12.6. The first-order valence-electron chi connectivity index (χ1n) is 13.5. The Morgan fingerprint density at radius 2 is 1.57 bits per heavy atom. The monoisotopic (exact) mass is 533 g/mol. The van der Waals surface area contributed by atoms with Crippen LogP contribution in [-0.2, 0) is 14.3 Å². The molecule has 0 spiro atoms. The van der Waals surface area contributed by atoms with E-state index in [-0.39, 0.29) is 35.2 Å². The van der Waals surface area contributed by atoms with E-state index in [0.717, 1.165) is 11.4 Å². The maximum atomic E-state index is 13.6. The molecule has 2 aliphatic heterocycles. The van der Waals surface area contributed by atoms with Gasteiger partial charge in [-0.3, -0.25) is 9.59 Å². The van der Waals surface area contributed by atoms with Crippen LogP contribution in [0.3, 0.4) is 0 Å². The van der Waals surface area contributed by atoms with Gasteiger partial charge in [0, 0.05) is 37.1 Å². The van der Waals surface area contributed by atoms with E-state index >= 15 is 0 Å². The van der Waals surface area contributed by atoms with Gasteiger partial charge in [0.25, 0.3) is 0 Å². The molecule has 2 saturated heterocycles. The quantitative estimate of drug-likeness (QED) is 0.544. The minimum Gasteiger partial charge on any atom is -0.444 e. The second kappa shape index (κ2) is 11.6. The fourth-order valence-electron chi connectivity index (χ4n) is 5.49. The van der Waals surface area contributed by atoms with Crippen molar-refractivity contribution in [3.05, 3.63) is 34.9 Å². The van der Waals surface area contributed by atoms with Gasteiger partial charge in [-0.2, -0.15) is 0 Å². The number of likely N-dealkylation sites (tertiary alicyclic amines) is 2. The Balaban J connectivity index is 1.58. The van der Waals surface area contributed by atoms with E-state index in [1.54, 1.807) is 4.90 Å². The van der Waals surface area contributed by atoms with Gasteiger partial charge in [0.05, 0.1) is 0 Å². The Hall–Kier alpha value is -2.28. The Labute approximate surface area is 227 Å². The molecule has 1 aromatic carbocycles. The Morgan fingerprint density at radius 3 is 2.08 bits per heavy atom. The Kier molecular flexibility index (Phi) is 9.20. The van der Waals surface area contributed by atoms with Gasteiger partial charge in [0.1, 0.15) is 11.6 Å². The molecule has 206 valence electrons. The van der Waals surface area contributed by atoms with Crippen molar-refractivity contribution in [3.63, 3.8) is 0 Å². The molecule has 2 fully saturated rings.